The van der Waals surface area contributed by atoms with Gasteiger partial charge in [-0.15, -0.1) is 10.2 Å². The first-order chi connectivity index (χ1) is 9.93. The van der Waals surface area contributed by atoms with Crippen LogP contribution in [-0.4, -0.2) is 16.1 Å². The van der Waals surface area contributed by atoms with Crippen LogP contribution in [0.2, 0.25) is 5.02 Å². The van der Waals surface area contributed by atoms with Crippen molar-refractivity contribution in [3.8, 4) is 0 Å². The van der Waals surface area contributed by atoms with Crippen molar-refractivity contribution in [2.45, 2.75) is 40.7 Å². The molecule has 1 amide bonds. The predicted molar refractivity (Wildman–Crippen MR) is 81.5 cm³/mol. The van der Waals surface area contributed by atoms with Crippen LogP contribution in [0.15, 0.2) is 16.5 Å². The molecular formula is C15H18ClN3O2. The third kappa shape index (κ3) is 3.24. The average molecular weight is 308 g/mol. The second kappa shape index (κ2) is 6.26. The summed E-state index contributed by atoms with van der Waals surface area (Å²) in [6, 6.07) is 3.76. The van der Waals surface area contributed by atoms with Crippen LogP contribution in [0.5, 0.6) is 0 Å². The number of amides is 1. The van der Waals surface area contributed by atoms with Gasteiger partial charge in [-0.3, -0.25) is 4.79 Å². The number of carbonyl (C=O) groups is 1. The zero-order valence-corrected chi connectivity index (χ0v) is 13.4. The van der Waals surface area contributed by atoms with E-state index in [1.54, 1.807) is 11.8 Å². The lowest BCUT2D eigenvalue weighted by Crippen LogP contribution is -2.29. The molecule has 0 radical (unpaired) electrons. The molecule has 0 aliphatic rings. The fourth-order valence-corrected chi connectivity index (χ4v) is 2.61. The van der Waals surface area contributed by atoms with E-state index in [-0.39, 0.29) is 12.5 Å². The lowest BCUT2D eigenvalue weighted by molar-refractivity contribution is -0.116. The number of hydrogen-bond donors (Lipinski definition) is 0. The molecule has 1 aromatic carbocycles. The van der Waals surface area contributed by atoms with Crippen LogP contribution in [0.1, 0.15) is 36.8 Å². The molecule has 112 valence electrons. The summed E-state index contributed by atoms with van der Waals surface area (Å²) in [5.74, 6) is 0.794. The van der Waals surface area contributed by atoms with E-state index in [4.69, 9.17) is 16.0 Å². The lowest BCUT2D eigenvalue weighted by Gasteiger charge is -2.25. The average Bonchev–Trinajstić information content (AvgIpc) is 2.84. The Hall–Kier alpha value is -1.88. The van der Waals surface area contributed by atoms with Crippen LogP contribution in [0, 0.1) is 13.8 Å². The summed E-state index contributed by atoms with van der Waals surface area (Å²) in [4.78, 5) is 13.7. The molecule has 0 aliphatic heterocycles. The van der Waals surface area contributed by atoms with E-state index in [1.807, 2.05) is 26.0 Å². The van der Waals surface area contributed by atoms with Crippen molar-refractivity contribution < 1.29 is 9.21 Å². The van der Waals surface area contributed by atoms with Gasteiger partial charge >= 0.3 is 0 Å². The molecule has 0 saturated carbocycles. The smallest absolute Gasteiger partial charge is 0.236 e. The quantitative estimate of drug-likeness (QED) is 0.868. The van der Waals surface area contributed by atoms with Crippen molar-refractivity contribution >= 4 is 23.2 Å². The molecule has 0 spiro atoms. The number of hydrogen-bond acceptors (Lipinski definition) is 4. The molecule has 0 saturated heterocycles. The van der Waals surface area contributed by atoms with E-state index in [0.29, 0.717) is 16.8 Å². The number of benzene rings is 1. The van der Waals surface area contributed by atoms with E-state index in [0.717, 1.165) is 23.2 Å². The molecule has 0 bridgehead atoms. The second-order valence-corrected chi connectivity index (χ2v) is 5.27. The molecule has 1 aromatic heterocycles. The molecule has 0 N–H and O–H groups in total. The first-order valence-corrected chi connectivity index (χ1v) is 7.16. The van der Waals surface area contributed by atoms with Crippen LogP contribution in [0.3, 0.4) is 0 Å². The number of nitrogens with zero attached hydrogens (tertiary/aromatic N) is 3. The highest BCUT2D eigenvalue weighted by Crippen LogP contribution is 2.32. The summed E-state index contributed by atoms with van der Waals surface area (Å²) >= 11 is 6.27. The van der Waals surface area contributed by atoms with Crippen LogP contribution in [0.4, 0.5) is 5.69 Å². The Labute approximate surface area is 128 Å². The summed E-state index contributed by atoms with van der Waals surface area (Å²) < 4.78 is 5.38. The van der Waals surface area contributed by atoms with Gasteiger partial charge in [0.2, 0.25) is 17.7 Å². The molecular weight excluding hydrogens is 290 g/mol. The molecule has 0 fully saturated rings. The van der Waals surface area contributed by atoms with Gasteiger partial charge in [0.15, 0.2) is 0 Å². The van der Waals surface area contributed by atoms with Crippen molar-refractivity contribution in [3.63, 3.8) is 0 Å². The zero-order valence-electron chi connectivity index (χ0n) is 12.6. The molecule has 2 aromatic rings. The molecule has 21 heavy (non-hydrogen) atoms. The van der Waals surface area contributed by atoms with E-state index < -0.39 is 0 Å². The van der Waals surface area contributed by atoms with Gasteiger partial charge in [-0.2, -0.15) is 0 Å². The summed E-state index contributed by atoms with van der Waals surface area (Å²) in [5, 5.41) is 8.41. The number of carbonyl (C=O) groups excluding carboxylic acids is 1. The van der Waals surface area contributed by atoms with Crippen LogP contribution >= 0.6 is 11.6 Å². The highest BCUT2D eigenvalue weighted by molar-refractivity contribution is 6.32. The number of aromatic nitrogens is 2. The van der Waals surface area contributed by atoms with Gasteiger partial charge in [0.1, 0.15) is 6.54 Å². The number of anilines is 1. The van der Waals surface area contributed by atoms with E-state index >= 15 is 0 Å². The highest BCUT2D eigenvalue weighted by atomic mass is 35.5. The molecule has 0 aliphatic carbocycles. The maximum atomic E-state index is 12.1. The standard InChI is InChI=1S/C15H18ClN3O2/c1-5-12-13(16)7-6-9(2)15(12)19(11(4)20)8-14-18-17-10(3)21-14/h6-7H,5,8H2,1-4H3. The van der Waals surface area contributed by atoms with E-state index in [9.17, 15) is 4.79 Å². The summed E-state index contributed by atoms with van der Waals surface area (Å²) in [6.45, 7) is 7.45. The largest absolute Gasteiger partial charge is 0.424 e. The Morgan fingerprint density at radius 2 is 2.05 bits per heavy atom. The molecule has 6 heteroatoms. The first kappa shape index (κ1) is 15.5. The normalized spacial score (nSPS) is 10.7. The Morgan fingerprint density at radius 3 is 2.57 bits per heavy atom. The van der Waals surface area contributed by atoms with Gasteiger partial charge < -0.3 is 9.32 Å². The van der Waals surface area contributed by atoms with Crippen molar-refractivity contribution in [2.24, 2.45) is 0 Å². The Morgan fingerprint density at radius 1 is 1.33 bits per heavy atom. The van der Waals surface area contributed by atoms with E-state index in [2.05, 4.69) is 10.2 Å². The lowest BCUT2D eigenvalue weighted by atomic mass is 10.0. The van der Waals surface area contributed by atoms with Gasteiger partial charge in [-0.1, -0.05) is 24.6 Å². The minimum Gasteiger partial charge on any atom is -0.424 e. The van der Waals surface area contributed by atoms with Crippen molar-refractivity contribution in [1.82, 2.24) is 10.2 Å². The van der Waals surface area contributed by atoms with Gasteiger partial charge in [-0.25, -0.2) is 0 Å². The van der Waals surface area contributed by atoms with Crippen molar-refractivity contribution in [1.29, 1.82) is 0 Å². The fraction of sp³-hybridized carbons (Fsp3) is 0.400. The van der Waals surface area contributed by atoms with Crippen LogP contribution in [-0.2, 0) is 17.8 Å². The molecule has 1 heterocycles. The third-order valence-corrected chi connectivity index (χ3v) is 3.65. The van der Waals surface area contributed by atoms with Gasteiger partial charge in [-0.05, 0) is 30.5 Å². The second-order valence-electron chi connectivity index (χ2n) is 4.86. The summed E-state index contributed by atoms with van der Waals surface area (Å²) in [7, 11) is 0. The minimum atomic E-state index is -0.0917. The van der Waals surface area contributed by atoms with Crippen LogP contribution in [0.25, 0.3) is 0 Å². The fourth-order valence-electron chi connectivity index (χ4n) is 2.33. The van der Waals surface area contributed by atoms with Gasteiger partial charge in [0.05, 0.1) is 5.69 Å². The van der Waals surface area contributed by atoms with Gasteiger partial charge in [0, 0.05) is 18.9 Å². The third-order valence-electron chi connectivity index (χ3n) is 3.29. The maximum absolute atomic E-state index is 12.1. The maximum Gasteiger partial charge on any atom is 0.236 e. The zero-order chi connectivity index (χ0) is 15.6. The Bertz CT molecular complexity index is 667. The number of halogens is 1. The van der Waals surface area contributed by atoms with Gasteiger partial charge in [0.25, 0.3) is 0 Å². The molecule has 2 rings (SSSR count). The number of aryl methyl sites for hydroxylation is 2. The number of rotatable bonds is 4. The summed E-state index contributed by atoms with van der Waals surface area (Å²) in [5.41, 5.74) is 2.76. The highest BCUT2D eigenvalue weighted by Gasteiger charge is 2.21. The molecule has 5 nitrogen and oxygen atoms in total. The topological polar surface area (TPSA) is 59.2 Å². The van der Waals surface area contributed by atoms with E-state index in [1.165, 1.54) is 6.92 Å². The first-order valence-electron chi connectivity index (χ1n) is 6.79. The Kier molecular flexibility index (Phi) is 4.63. The summed E-state index contributed by atoms with van der Waals surface area (Å²) in [6.07, 6.45) is 0.739. The van der Waals surface area contributed by atoms with Crippen LogP contribution < -0.4 is 4.90 Å². The monoisotopic (exact) mass is 307 g/mol. The van der Waals surface area contributed by atoms with Crippen molar-refractivity contribution in [2.75, 3.05) is 4.90 Å². The predicted octanol–water partition coefficient (Wildman–Crippen LogP) is 3.46. The molecule has 0 unspecified atom stereocenters. The molecule has 0 atom stereocenters. The SMILES string of the molecule is CCc1c(Cl)ccc(C)c1N(Cc1nnc(C)o1)C(C)=O. The van der Waals surface area contributed by atoms with Crippen molar-refractivity contribution in [3.05, 3.63) is 40.1 Å². The minimum absolute atomic E-state index is 0.0917. The Balaban J connectivity index is 2.48.